The monoisotopic (exact) mass is 277 g/mol. The van der Waals surface area contributed by atoms with E-state index in [0.717, 1.165) is 0 Å². The zero-order valence-electron chi connectivity index (χ0n) is 12.1. The standard InChI is InChI=1S/C15H19NO4/c1-9-5-6-13(20-9)15(4,18)8-16-14(17)12-7-10(2)19-11(12)3/h5-7,18H,8H2,1-4H3,(H,16,17). The van der Waals surface area contributed by atoms with Crippen molar-refractivity contribution < 1.29 is 18.7 Å². The Morgan fingerprint density at radius 2 is 1.95 bits per heavy atom. The molecule has 5 nitrogen and oxygen atoms in total. The summed E-state index contributed by atoms with van der Waals surface area (Å²) in [5.74, 6) is 2.11. The molecular weight excluding hydrogens is 258 g/mol. The van der Waals surface area contributed by atoms with Crippen LogP contribution in [0.5, 0.6) is 0 Å². The molecule has 0 saturated heterocycles. The van der Waals surface area contributed by atoms with Gasteiger partial charge < -0.3 is 19.3 Å². The highest BCUT2D eigenvalue weighted by molar-refractivity contribution is 5.95. The van der Waals surface area contributed by atoms with Crippen molar-refractivity contribution in [2.24, 2.45) is 0 Å². The van der Waals surface area contributed by atoms with Crippen LogP contribution in [0.2, 0.25) is 0 Å². The quantitative estimate of drug-likeness (QED) is 0.900. The molecular formula is C15H19NO4. The lowest BCUT2D eigenvalue weighted by Crippen LogP contribution is -2.38. The van der Waals surface area contributed by atoms with Gasteiger partial charge in [-0.05, 0) is 45.9 Å². The van der Waals surface area contributed by atoms with Crippen molar-refractivity contribution in [3.63, 3.8) is 0 Å². The van der Waals surface area contributed by atoms with Crippen LogP contribution < -0.4 is 5.32 Å². The second-order valence-electron chi connectivity index (χ2n) is 5.19. The lowest BCUT2D eigenvalue weighted by Gasteiger charge is -2.21. The third-order valence-electron chi connectivity index (χ3n) is 3.15. The average Bonchev–Trinajstić information content (AvgIpc) is 2.93. The summed E-state index contributed by atoms with van der Waals surface area (Å²) < 4.78 is 10.7. The summed E-state index contributed by atoms with van der Waals surface area (Å²) in [7, 11) is 0. The Morgan fingerprint density at radius 3 is 2.45 bits per heavy atom. The third-order valence-corrected chi connectivity index (χ3v) is 3.15. The third kappa shape index (κ3) is 2.93. The molecule has 2 heterocycles. The van der Waals surface area contributed by atoms with Gasteiger partial charge in [-0.1, -0.05) is 0 Å². The maximum absolute atomic E-state index is 12.0. The van der Waals surface area contributed by atoms with Crippen molar-refractivity contribution in [3.8, 4) is 0 Å². The summed E-state index contributed by atoms with van der Waals surface area (Å²) in [6.07, 6.45) is 0. The SMILES string of the molecule is Cc1ccc(C(C)(O)CNC(=O)c2cc(C)oc2C)o1. The topological polar surface area (TPSA) is 75.6 Å². The number of amides is 1. The number of carbonyl (C=O) groups is 1. The van der Waals surface area contributed by atoms with Crippen LogP contribution >= 0.6 is 0 Å². The lowest BCUT2D eigenvalue weighted by atomic mass is 10.0. The predicted octanol–water partition coefficient (Wildman–Crippen LogP) is 2.44. The summed E-state index contributed by atoms with van der Waals surface area (Å²) in [5.41, 5.74) is -0.773. The van der Waals surface area contributed by atoms with E-state index in [2.05, 4.69) is 5.32 Å². The number of rotatable bonds is 4. The molecule has 0 fully saturated rings. The van der Waals surface area contributed by atoms with E-state index in [0.29, 0.717) is 28.6 Å². The Kier molecular flexibility index (Phi) is 3.72. The first-order chi connectivity index (χ1) is 9.29. The minimum Gasteiger partial charge on any atom is -0.466 e. The number of hydrogen-bond donors (Lipinski definition) is 2. The van der Waals surface area contributed by atoms with Gasteiger partial charge in [0.15, 0.2) is 0 Å². The van der Waals surface area contributed by atoms with Crippen LogP contribution in [0.3, 0.4) is 0 Å². The molecule has 0 spiro atoms. The molecule has 2 rings (SSSR count). The second-order valence-corrected chi connectivity index (χ2v) is 5.19. The van der Waals surface area contributed by atoms with Gasteiger partial charge in [-0.3, -0.25) is 4.79 Å². The number of nitrogens with one attached hydrogen (secondary N) is 1. The van der Waals surface area contributed by atoms with Crippen molar-refractivity contribution in [2.75, 3.05) is 6.54 Å². The Hall–Kier alpha value is -2.01. The van der Waals surface area contributed by atoms with Crippen LogP contribution in [-0.2, 0) is 5.60 Å². The summed E-state index contributed by atoms with van der Waals surface area (Å²) in [4.78, 5) is 12.0. The molecule has 2 aromatic rings. The molecule has 2 N–H and O–H groups in total. The van der Waals surface area contributed by atoms with Crippen molar-refractivity contribution >= 4 is 5.91 Å². The molecule has 0 radical (unpaired) electrons. The first-order valence-corrected chi connectivity index (χ1v) is 6.44. The molecule has 0 aliphatic heterocycles. The van der Waals surface area contributed by atoms with E-state index in [9.17, 15) is 9.90 Å². The highest BCUT2D eigenvalue weighted by atomic mass is 16.4. The largest absolute Gasteiger partial charge is 0.466 e. The number of aliphatic hydroxyl groups is 1. The highest BCUT2D eigenvalue weighted by Gasteiger charge is 2.28. The number of furan rings is 2. The molecule has 1 unspecified atom stereocenters. The maximum Gasteiger partial charge on any atom is 0.254 e. The molecule has 0 aromatic carbocycles. The Bertz CT molecular complexity index is 622. The summed E-state index contributed by atoms with van der Waals surface area (Å²) in [6, 6.07) is 5.15. The number of aryl methyl sites for hydroxylation is 3. The first kappa shape index (κ1) is 14.4. The zero-order chi connectivity index (χ0) is 14.9. The fourth-order valence-electron chi connectivity index (χ4n) is 2.01. The zero-order valence-corrected chi connectivity index (χ0v) is 12.1. The average molecular weight is 277 g/mol. The predicted molar refractivity (Wildman–Crippen MR) is 73.5 cm³/mol. The molecule has 5 heteroatoms. The van der Waals surface area contributed by atoms with Crippen molar-refractivity contribution in [1.29, 1.82) is 0 Å². The Morgan fingerprint density at radius 1 is 1.25 bits per heavy atom. The molecule has 0 bridgehead atoms. The minimum absolute atomic E-state index is 0.0580. The van der Waals surface area contributed by atoms with E-state index in [1.807, 2.05) is 0 Å². The van der Waals surface area contributed by atoms with Gasteiger partial charge in [0.2, 0.25) is 0 Å². The Balaban J connectivity index is 2.04. The van der Waals surface area contributed by atoms with Gasteiger partial charge in [0.1, 0.15) is 28.6 Å². The molecule has 2 aromatic heterocycles. The molecule has 0 saturated carbocycles. The van der Waals surface area contributed by atoms with Crippen LogP contribution in [0.4, 0.5) is 0 Å². The van der Waals surface area contributed by atoms with Crippen LogP contribution in [0.15, 0.2) is 27.0 Å². The molecule has 1 atom stereocenters. The van der Waals surface area contributed by atoms with Gasteiger partial charge in [0.25, 0.3) is 5.91 Å². The van der Waals surface area contributed by atoms with Crippen LogP contribution in [0.25, 0.3) is 0 Å². The molecule has 108 valence electrons. The summed E-state index contributed by atoms with van der Waals surface area (Å²) in [6.45, 7) is 6.97. The van der Waals surface area contributed by atoms with E-state index in [4.69, 9.17) is 8.83 Å². The van der Waals surface area contributed by atoms with Crippen molar-refractivity contribution in [2.45, 2.75) is 33.3 Å². The van der Waals surface area contributed by atoms with Gasteiger partial charge in [0, 0.05) is 0 Å². The van der Waals surface area contributed by atoms with Crippen LogP contribution in [0.1, 0.15) is 40.3 Å². The number of carbonyl (C=O) groups excluding carboxylic acids is 1. The highest BCUT2D eigenvalue weighted by Crippen LogP contribution is 2.22. The molecule has 0 aliphatic rings. The van der Waals surface area contributed by atoms with Gasteiger partial charge >= 0.3 is 0 Å². The van der Waals surface area contributed by atoms with Crippen molar-refractivity contribution in [1.82, 2.24) is 5.32 Å². The first-order valence-electron chi connectivity index (χ1n) is 6.44. The Labute approximate surface area is 117 Å². The van der Waals surface area contributed by atoms with Gasteiger partial charge in [-0.25, -0.2) is 0 Å². The van der Waals surface area contributed by atoms with E-state index in [1.165, 1.54) is 0 Å². The smallest absolute Gasteiger partial charge is 0.254 e. The van der Waals surface area contributed by atoms with Crippen molar-refractivity contribution in [3.05, 3.63) is 46.8 Å². The van der Waals surface area contributed by atoms with Gasteiger partial charge in [-0.15, -0.1) is 0 Å². The van der Waals surface area contributed by atoms with Gasteiger partial charge in [-0.2, -0.15) is 0 Å². The fourth-order valence-corrected chi connectivity index (χ4v) is 2.01. The lowest BCUT2D eigenvalue weighted by molar-refractivity contribution is 0.0323. The van der Waals surface area contributed by atoms with E-state index in [1.54, 1.807) is 45.9 Å². The van der Waals surface area contributed by atoms with Crippen LogP contribution in [-0.4, -0.2) is 17.6 Å². The summed E-state index contributed by atoms with van der Waals surface area (Å²) >= 11 is 0. The second kappa shape index (κ2) is 5.17. The summed E-state index contributed by atoms with van der Waals surface area (Å²) in [5, 5.41) is 13.0. The molecule has 1 amide bonds. The van der Waals surface area contributed by atoms with E-state index >= 15 is 0 Å². The van der Waals surface area contributed by atoms with E-state index < -0.39 is 5.60 Å². The minimum atomic E-state index is -1.25. The van der Waals surface area contributed by atoms with E-state index in [-0.39, 0.29) is 12.5 Å². The van der Waals surface area contributed by atoms with Crippen LogP contribution in [0, 0.1) is 20.8 Å². The molecule has 0 aliphatic carbocycles. The fraction of sp³-hybridized carbons (Fsp3) is 0.400. The maximum atomic E-state index is 12.0. The molecule has 20 heavy (non-hydrogen) atoms. The normalized spacial score (nSPS) is 14.1. The van der Waals surface area contributed by atoms with Gasteiger partial charge in [0.05, 0.1) is 12.1 Å². The number of hydrogen-bond acceptors (Lipinski definition) is 4.